The highest BCUT2D eigenvalue weighted by Gasteiger charge is 2.23. The minimum Gasteiger partial charge on any atom is -0.314 e. The van der Waals surface area contributed by atoms with Gasteiger partial charge in [-0.3, -0.25) is 14.8 Å². The third-order valence-corrected chi connectivity index (χ3v) is 4.32. The number of likely N-dealkylation sites (N-methyl/N-ethyl adjacent to an activating group) is 1. The van der Waals surface area contributed by atoms with Gasteiger partial charge in [0.05, 0.1) is 11.7 Å². The number of unbranched alkanes of at least 4 members (excludes halogenated alkanes) is 1. The molecule has 1 aromatic heterocycles. The Labute approximate surface area is 129 Å². The summed E-state index contributed by atoms with van der Waals surface area (Å²) < 4.78 is 0. The molecule has 0 amide bonds. The predicted octanol–water partition coefficient (Wildman–Crippen LogP) is 2.15. The van der Waals surface area contributed by atoms with Crippen LogP contribution in [0.1, 0.15) is 38.4 Å². The van der Waals surface area contributed by atoms with E-state index in [-0.39, 0.29) is 0 Å². The molecule has 21 heavy (non-hydrogen) atoms. The Kier molecular flexibility index (Phi) is 7.13. The summed E-state index contributed by atoms with van der Waals surface area (Å²) in [6, 6.07) is 6.72. The molecular formula is C17H30N4. The van der Waals surface area contributed by atoms with E-state index in [1.165, 1.54) is 25.1 Å². The van der Waals surface area contributed by atoms with Crippen LogP contribution in [0.15, 0.2) is 24.4 Å². The topological polar surface area (TPSA) is 31.4 Å². The number of nitrogens with zero attached hydrogens (tertiary/aromatic N) is 3. The van der Waals surface area contributed by atoms with Gasteiger partial charge < -0.3 is 5.32 Å². The third-order valence-electron chi connectivity index (χ3n) is 4.32. The van der Waals surface area contributed by atoms with Crippen LogP contribution in [0.2, 0.25) is 0 Å². The lowest BCUT2D eigenvalue weighted by molar-refractivity contribution is 0.130. The molecule has 1 aliphatic heterocycles. The quantitative estimate of drug-likeness (QED) is 0.795. The molecule has 0 bridgehead atoms. The monoisotopic (exact) mass is 290 g/mol. The lowest BCUT2D eigenvalue weighted by Crippen LogP contribution is -2.47. The Bertz CT molecular complexity index is 376. The van der Waals surface area contributed by atoms with Gasteiger partial charge in [-0.15, -0.1) is 0 Å². The van der Waals surface area contributed by atoms with E-state index in [9.17, 15) is 0 Å². The van der Waals surface area contributed by atoms with Crippen LogP contribution in [0.25, 0.3) is 0 Å². The first-order valence-corrected chi connectivity index (χ1v) is 8.43. The van der Waals surface area contributed by atoms with Gasteiger partial charge in [-0.2, -0.15) is 0 Å². The molecule has 1 fully saturated rings. The number of aromatic nitrogens is 1. The van der Waals surface area contributed by atoms with Gasteiger partial charge >= 0.3 is 0 Å². The van der Waals surface area contributed by atoms with Crippen molar-refractivity contribution in [2.75, 3.05) is 45.8 Å². The van der Waals surface area contributed by atoms with Crippen molar-refractivity contribution in [3.63, 3.8) is 0 Å². The zero-order valence-corrected chi connectivity index (χ0v) is 13.6. The summed E-state index contributed by atoms with van der Waals surface area (Å²) in [6.45, 7) is 12.4. The first-order valence-electron chi connectivity index (χ1n) is 8.43. The summed E-state index contributed by atoms with van der Waals surface area (Å²) in [5, 5.41) is 3.43. The largest absolute Gasteiger partial charge is 0.314 e. The molecule has 0 spiro atoms. The zero-order chi connectivity index (χ0) is 14.9. The van der Waals surface area contributed by atoms with Crippen LogP contribution in [-0.2, 0) is 0 Å². The molecule has 2 heterocycles. The average molecular weight is 290 g/mol. The maximum Gasteiger partial charge on any atom is 0.0649 e. The number of rotatable bonds is 8. The van der Waals surface area contributed by atoms with Gasteiger partial charge in [-0.1, -0.05) is 26.3 Å². The molecular weight excluding hydrogens is 260 g/mol. The molecule has 0 radical (unpaired) electrons. The van der Waals surface area contributed by atoms with E-state index in [2.05, 4.69) is 46.1 Å². The molecule has 2 rings (SSSR count). The zero-order valence-electron chi connectivity index (χ0n) is 13.6. The minimum atomic E-state index is 0.417. The van der Waals surface area contributed by atoms with Gasteiger partial charge in [-0.05, 0) is 31.6 Å². The summed E-state index contributed by atoms with van der Waals surface area (Å²) in [4.78, 5) is 9.80. The fourth-order valence-electron chi connectivity index (χ4n) is 3.00. The second-order valence-corrected chi connectivity index (χ2v) is 5.80. The van der Waals surface area contributed by atoms with Crippen LogP contribution in [0.4, 0.5) is 0 Å². The van der Waals surface area contributed by atoms with E-state index in [4.69, 9.17) is 0 Å². The molecule has 4 nitrogen and oxygen atoms in total. The Morgan fingerprint density at radius 2 is 2.10 bits per heavy atom. The Hall–Kier alpha value is -0.970. The van der Waals surface area contributed by atoms with E-state index in [1.54, 1.807) is 0 Å². The molecule has 4 heteroatoms. The molecule has 118 valence electrons. The molecule has 1 atom stereocenters. The Morgan fingerprint density at radius 1 is 1.29 bits per heavy atom. The SMILES string of the molecule is CCCCN(CC)C(CN1CCNCC1)c1ccccn1. The van der Waals surface area contributed by atoms with Crippen molar-refractivity contribution in [2.24, 2.45) is 0 Å². The smallest absolute Gasteiger partial charge is 0.0649 e. The number of nitrogens with one attached hydrogen (secondary N) is 1. The summed E-state index contributed by atoms with van der Waals surface area (Å²) in [6.07, 6.45) is 4.44. The molecule has 1 N–H and O–H groups in total. The maximum absolute atomic E-state index is 4.64. The number of piperazine rings is 1. The molecule has 1 saturated heterocycles. The summed E-state index contributed by atoms with van der Waals surface area (Å²) >= 11 is 0. The van der Waals surface area contributed by atoms with Gasteiger partial charge in [0.1, 0.15) is 0 Å². The molecule has 1 aromatic rings. The van der Waals surface area contributed by atoms with E-state index in [0.29, 0.717) is 6.04 Å². The molecule has 0 aliphatic carbocycles. The standard InChI is InChI=1S/C17H30N4/c1-3-5-12-21(4-2)17(16-8-6-7-9-19-16)15-20-13-10-18-11-14-20/h6-9,17-18H,3-5,10-15H2,1-2H3. The van der Waals surface area contributed by atoms with Gasteiger partial charge in [0.25, 0.3) is 0 Å². The minimum absolute atomic E-state index is 0.417. The van der Waals surface area contributed by atoms with E-state index in [0.717, 1.165) is 39.3 Å². The first kappa shape index (κ1) is 16.4. The van der Waals surface area contributed by atoms with Crippen molar-refractivity contribution in [3.05, 3.63) is 30.1 Å². The summed E-state index contributed by atoms with van der Waals surface area (Å²) in [5.41, 5.74) is 1.22. The maximum atomic E-state index is 4.64. The molecule has 1 aliphatic rings. The van der Waals surface area contributed by atoms with Gasteiger partial charge in [0.2, 0.25) is 0 Å². The van der Waals surface area contributed by atoms with Gasteiger partial charge in [-0.25, -0.2) is 0 Å². The second-order valence-electron chi connectivity index (χ2n) is 5.80. The van der Waals surface area contributed by atoms with Crippen molar-refractivity contribution < 1.29 is 0 Å². The van der Waals surface area contributed by atoms with Crippen molar-refractivity contribution in [1.82, 2.24) is 20.1 Å². The normalized spacial score (nSPS) is 18.0. The van der Waals surface area contributed by atoms with Crippen molar-refractivity contribution in [1.29, 1.82) is 0 Å². The van der Waals surface area contributed by atoms with Crippen molar-refractivity contribution in [2.45, 2.75) is 32.7 Å². The Balaban J connectivity index is 2.08. The fourth-order valence-corrected chi connectivity index (χ4v) is 3.00. The van der Waals surface area contributed by atoms with Crippen LogP contribution in [0, 0.1) is 0 Å². The number of pyridine rings is 1. The fraction of sp³-hybridized carbons (Fsp3) is 0.706. The van der Waals surface area contributed by atoms with E-state index >= 15 is 0 Å². The van der Waals surface area contributed by atoms with Crippen LogP contribution in [-0.4, -0.2) is 60.6 Å². The number of hydrogen-bond acceptors (Lipinski definition) is 4. The number of hydrogen-bond donors (Lipinski definition) is 1. The van der Waals surface area contributed by atoms with Crippen LogP contribution in [0.5, 0.6) is 0 Å². The van der Waals surface area contributed by atoms with E-state index < -0.39 is 0 Å². The van der Waals surface area contributed by atoms with Crippen molar-refractivity contribution >= 4 is 0 Å². The average Bonchev–Trinajstić information content (AvgIpc) is 2.56. The van der Waals surface area contributed by atoms with E-state index in [1.807, 2.05) is 12.3 Å². The highest BCUT2D eigenvalue weighted by atomic mass is 15.2. The van der Waals surface area contributed by atoms with Crippen LogP contribution >= 0.6 is 0 Å². The van der Waals surface area contributed by atoms with Gasteiger partial charge in [0, 0.05) is 38.9 Å². The first-order chi connectivity index (χ1) is 10.3. The Morgan fingerprint density at radius 3 is 2.71 bits per heavy atom. The molecule has 0 aromatic carbocycles. The van der Waals surface area contributed by atoms with Gasteiger partial charge in [0.15, 0.2) is 0 Å². The molecule has 0 saturated carbocycles. The second kappa shape index (κ2) is 9.13. The summed E-state index contributed by atoms with van der Waals surface area (Å²) in [7, 11) is 0. The van der Waals surface area contributed by atoms with Crippen LogP contribution < -0.4 is 5.32 Å². The lowest BCUT2D eigenvalue weighted by atomic mass is 10.1. The van der Waals surface area contributed by atoms with Crippen LogP contribution in [0.3, 0.4) is 0 Å². The lowest BCUT2D eigenvalue weighted by Gasteiger charge is -2.36. The molecule has 1 unspecified atom stereocenters. The van der Waals surface area contributed by atoms with Crippen molar-refractivity contribution in [3.8, 4) is 0 Å². The predicted molar refractivity (Wildman–Crippen MR) is 88.4 cm³/mol. The highest BCUT2D eigenvalue weighted by molar-refractivity contribution is 5.10. The summed E-state index contributed by atoms with van der Waals surface area (Å²) in [5.74, 6) is 0. The highest BCUT2D eigenvalue weighted by Crippen LogP contribution is 2.21. The third kappa shape index (κ3) is 5.06.